The van der Waals surface area contributed by atoms with Crippen molar-refractivity contribution in [1.82, 2.24) is 24.3 Å². The van der Waals surface area contributed by atoms with Crippen LogP contribution in [-0.4, -0.2) is 86.5 Å². The Bertz CT molecular complexity index is 1130. The molecule has 0 aliphatic carbocycles. The van der Waals surface area contributed by atoms with Crippen molar-refractivity contribution in [2.75, 3.05) is 36.8 Å². The molecule has 2 aliphatic rings. The predicted molar refractivity (Wildman–Crippen MR) is 148 cm³/mol. The monoisotopic (exact) mass is 529 g/mol. The van der Waals surface area contributed by atoms with Crippen molar-refractivity contribution in [3.8, 4) is 0 Å². The number of aromatic nitrogens is 3. The summed E-state index contributed by atoms with van der Waals surface area (Å²) >= 11 is 0. The zero-order chi connectivity index (χ0) is 27.6. The lowest BCUT2D eigenvalue weighted by Crippen LogP contribution is -2.44. The third-order valence-electron chi connectivity index (χ3n) is 6.70. The highest BCUT2D eigenvalue weighted by Gasteiger charge is 2.33. The van der Waals surface area contributed by atoms with Gasteiger partial charge >= 0.3 is 12.2 Å². The first-order valence-electron chi connectivity index (χ1n) is 13.7. The molecule has 210 valence electrons. The summed E-state index contributed by atoms with van der Waals surface area (Å²) in [6.45, 7) is 16.0. The Kier molecular flexibility index (Phi) is 8.22. The summed E-state index contributed by atoms with van der Waals surface area (Å²) in [6, 6.07) is 2.74. The van der Waals surface area contributed by atoms with Crippen molar-refractivity contribution in [2.24, 2.45) is 0 Å². The second-order valence-corrected chi connectivity index (χ2v) is 11.9. The first kappa shape index (κ1) is 27.8. The van der Waals surface area contributed by atoms with Crippen LogP contribution in [0.25, 0.3) is 11.2 Å². The van der Waals surface area contributed by atoms with Gasteiger partial charge in [0.15, 0.2) is 5.65 Å². The maximum Gasteiger partial charge on any atom is 0.410 e. The number of pyridine rings is 1. The number of piperidine rings is 1. The number of ether oxygens (including phenoxy) is 2. The highest BCUT2D eigenvalue weighted by atomic mass is 16.6. The second-order valence-electron chi connectivity index (χ2n) is 11.9. The van der Waals surface area contributed by atoms with Gasteiger partial charge in [-0.1, -0.05) is 0 Å². The largest absolute Gasteiger partial charge is 0.444 e. The van der Waals surface area contributed by atoms with Crippen LogP contribution in [0.2, 0.25) is 0 Å². The molecule has 0 radical (unpaired) electrons. The molecule has 11 heteroatoms. The number of hydrogen-bond donors (Lipinski definition) is 2. The van der Waals surface area contributed by atoms with Crippen LogP contribution in [0.15, 0.2) is 12.4 Å². The first-order valence-corrected chi connectivity index (χ1v) is 13.7. The van der Waals surface area contributed by atoms with E-state index in [4.69, 9.17) is 14.5 Å². The minimum Gasteiger partial charge on any atom is -0.444 e. The Morgan fingerprint density at radius 2 is 1.71 bits per heavy atom. The van der Waals surface area contributed by atoms with Crippen molar-refractivity contribution in [2.45, 2.75) is 97.6 Å². The SMILES string of the molecule is CC(C)Nc1cc(NC2CCN(C(=O)O[C@H]3CCN(C(=O)OC(C)(C)C)C3)CC2)c2ncn(C(C)C)c2n1. The third kappa shape index (κ3) is 6.79. The average molecular weight is 530 g/mol. The molecule has 2 N–H and O–H groups in total. The normalized spacial score (nSPS) is 18.9. The third-order valence-corrected chi connectivity index (χ3v) is 6.70. The summed E-state index contributed by atoms with van der Waals surface area (Å²) < 4.78 is 13.3. The van der Waals surface area contributed by atoms with Gasteiger partial charge in [0, 0.05) is 50.2 Å². The number of rotatable bonds is 6. The summed E-state index contributed by atoms with van der Waals surface area (Å²) in [4.78, 5) is 38.0. The Morgan fingerprint density at radius 3 is 2.34 bits per heavy atom. The molecule has 4 heterocycles. The average Bonchev–Trinajstić information content (AvgIpc) is 3.45. The Balaban J connectivity index is 1.32. The molecule has 2 aromatic rings. The van der Waals surface area contributed by atoms with Gasteiger partial charge in [-0.15, -0.1) is 0 Å². The molecular formula is C27H43N7O4. The van der Waals surface area contributed by atoms with Gasteiger partial charge in [-0.05, 0) is 61.3 Å². The highest BCUT2D eigenvalue weighted by Crippen LogP contribution is 2.29. The molecule has 1 atom stereocenters. The molecule has 0 aromatic carbocycles. The minimum atomic E-state index is -0.548. The fourth-order valence-corrected chi connectivity index (χ4v) is 4.82. The zero-order valence-corrected chi connectivity index (χ0v) is 23.8. The van der Waals surface area contributed by atoms with Crippen molar-refractivity contribution >= 4 is 34.9 Å². The summed E-state index contributed by atoms with van der Waals surface area (Å²) in [6.07, 6.45) is 3.08. The molecule has 0 saturated carbocycles. The maximum absolute atomic E-state index is 12.8. The molecule has 11 nitrogen and oxygen atoms in total. The number of nitrogens with one attached hydrogen (secondary N) is 2. The van der Waals surface area contributed by atoms with Gasteiger partial charge in [-0.2, -0.15) is 0 Å². The number of fused-ring (bicyclic) bond motifs is 1. The van der Waals surface area contributed by atoms with Crippen LogP contribution < -0.4 is 10.6 Å². The summed E-state index contributed by atoms with van der Waals surface area (Å²) in [5, 5.41) is 7.08. The molecule has 2 aliphatic heterocycles. The lowest BCUT2D eigenvalue weighted by molar-refractivity contribution is 0.0235. The minimum absolute atomic E-state index is 0.204. The summed E-state index contributed by atoms with van der Waals surface area (Å²) in [5.74, 6) is 0.815. The molecule has 2 fully saturated rings. The van der Waals surface area contributed by atoms with E-state index in [1.807, 2.05) is 33.2 Å². The van der Waals surface area contributed by atoms with E-state index < -0.39 is 5.60 Å². The predicted octanol–water partition coefficient (Wildman–Crippen LogP) is 4.85. The molecule has 2 amide bonds. The lowest BCUT2D eigenvalue weighted by Gasteiger charge is -2.33. The maximum atomic E-state index is 12.8. The Labute approximate surface area is 225 Å². The second kappa shape index (κ2) is 11.2. The Morgan fingerprint density at radius 1 is 1.03 bits per heavy atom. The van der Waals surface area contributed by atoms with Gasteiger partial charge in [-0.3, -0.25) is 0 Å². The fourth-order valence-electron chi connectivity index (χ4n) is 4.82. The fraction of sp³-hybridized carbons (Fsp3) is 0.704. The van der Waals surface area contributed by atoms with E-state index in [1.54, 1.807) is 9.80 Å². The summed E-state index contributed by atoms with van der Waals surface area (Å²) in [5.41, 5.74) is 2.11. The van der Waals surface area contributed by atoms with Gasteiger partial charge in [0.05, 0.1) is 18.6 Å². The van der Waals surface area contributed by atoms with Crippen LogP contribution in [0, 0.1) is 0 Å². The van der Waals surface area contributed by atoms with Crippen molar-refractivity contribution < 1.29 is 19.1 Å². The first-order chi connectivity index (χ1) is 17.9. The smallest absolute Gasteiger partial charge is 0.410 e. The van der Waals surface area contributed by atoms with E-state index >= 15 is 0 Å². The molecule has 0 unspecified atom stereocenters. The molecular weight excluding hydrogens is 486 g/mol. The van der Waals surface area contributed by atoms with E-state index in [-0.39, 0.29) is 36.4 Å². The van der Waals surface area contributed by atoms with Crippen LogP contribution in [0.1, 0.15) is 73.8 Å². The van der Waals surface area contributed by atoms with Gasteiger partial charge in [0.1, 0.15) is 23.0 Å². The van der Waals surface area contributed by atoms with Crippen LogP contribution in [0.3, 0.4) is 0 Å². The molecule has 2 aromatic heterocycles. The standard InChI is InChI=1S/C27H43N7O4/c1-17(2)29-22-14-21(23-24(31-22)34(16-28-23)18(3)4)30-19-8-11-32(12-9-19)25(35)37-20-10-13-33(15-20)26(36)38-27(5,6)7/h14,16-20H,8-13,15H2,1-7H3,(H2,29,30,31)/t20-/m0/s1. The summed E-state index contributed by atoms with van der Waals surface area (Å²) in [7, 11) is 0. The van der Waals surface area contributed by atoms with Gasteiger partial charge in [0.2, 0.25) is 0 Å². The topological polar surface area (TPSA) is 114 Å². The van der Waals surface area contributed by atoms with Crippen LogP contribution in [-0.2, 0) is 9.47 Å². The molecule has 0 bridgehead atoms. The Hall–Kier alpha value is -3.24. The molecule has 4 rings (SSSR count). The van der Waals surface area contributed by atoms with Crippen LogP contribution in [0.4, 0.5) is 21.1 Å². The quantitative estimate of drug-likeness (QED) is 0.546. The number of carbonyl (C=O) groups is 2. The van der Waals surface area contributed by atoms with E-state index in [2.05, 4.69) is 47.9 Å². The van der Waals surface area contributed by atoms with E-state index in [0.29, 0.717) is 32.6 Å². The van der Waals surface area contributed by atoms with E-state index in [9.17, 15) is 9.59 Å². The van der Waals surface area contributed by atoms with Crippen molar-refractivity contribution in [3.05, 3.63) is 12.4 Å². The molecule has 0 spiro atoms. The van der Waals surface area contributed by atoms with Crippen LogP contribution >= 0.6 is 0 Å². The number of nitrogens with zero attached hydrogens (tertiary/aromatic N) is 5. The molecule has 2 saturated heterocycles. The number of likely N-dealkylation sites (tertiary alicyclic amines) is 2. The number of hydrogen-bond acceptors (Lipinski definition) is 8. The molecule has 38 heavy (non-hydrogen) atoms. The number of carbonyl (C=O) groups excluding carboxylic acids is 2. The van der Waals surface area contributed by atoms with E-state index in [0.717, 1.165) is 35.5 Å². The van der Waals surface area contributed by atoms with Gasteiger partial charge in [0.25, 0.3) is 0 Å². The number of amides is 2. The van der Waals surface area contributed by atoms with Crippen LogP contribution in [0.5, 0.6) is 0 Å². The van der Waals surface area contributed by atoms with E-state index in [1.165, 1.54) is 0 Å². The number of anilines is 2. The van der Waals surface area contributed by atoms with Gasteiger partial charge < -0.3 is 34.5 Å². The van der Waals surface area contributed by atoms with Crippen molar-refractivity contribution in [1.29, 1.82) is 0 Å². The van der Waals surface area contributed by atoms with Crippen molar-refractivity contribution in [3.63, 3.8) is 0 Å². The zero-order valence-electron chi connectivity index (χ0n) is 23.8. The lowest BCUT2D eigenvalue weighted by atomic mass is 10.0. The highest BCUT2D eigenvalue weighted by molar-refractivity contribution is 5.88. The van der Waals surface area contributed by atoms with Gasteiger partial charge in [-0.25, -0.2) is 19.6 Å². The number of imidazole rings is 1.